The van der Waals surface area contributed by atoms with Crippen molar-refractivity contribution in [1.82, 2.24) is 0 Å². The lowest BCUT2D eigenvalue weighted by molar-refractivity contribution is -0.202. The van der Waals surface area contributed by atoms with Gasteiger partial charge in [-0.15, -0.1) is 0 Å². The summed E-state index contributed by atoms with van der Waals surface area (Å²) in [6.45, 7) is 15.1. The van der Waals surface area contributed by atoms with Crippen molar-refractivity contribution < 1.29 is 18.6 Å². The summed E-state index contributed by atoms with van der Waals surface area (Å²) in [6.07, 6.45) is 0.879. The van der Waals surface area contributed by atoms with E-state index in [-0.39, 0.29) is 29.4 Å². The van der Waals surface area contributed by atoms with E-state index < -0.39 is 24.2 Å². The fourth-order valence-corrected chi connectivity index (χ4v) is 3.93. The van der Waals surface area contributed by atoms with E-state index in [0.717, 1.165) is 5.57 Å². The molecular weight excluding hydrogens is 429 g/mol. The minimum absolute atomic E-state index is 0.00862. The number of alkyl halides is 3. The number of hydrogen-bond donors (Lipinski definition) is 1. The van der Waals surface area contributed by atoms with Crippen LogP contribution in [0.5, 0.6) is 0 Å². The molecule has 2 saturated heterocycles. The quantitative estimate of drug-likeness (QED) is 0.252. The van der Waals surface area contributed by atoms with Gasteiger partial charge in [0, 0.05) is 6.42 Å². The molecule has 2 aliphatic rings. The van der Waals surface area contributed by atoms with Crippen LogP contribution in [-0.2, 0) is 18.6 Å². The van der Waals surface area contributed by atoms with E-state index in [9.17, 15) is 0 Å². The molecule has 3 atom stereocenters. The average Bonchev–Trinajstić information content (AvgIpc) is 2.92. The van der Waals surface area contributed by atoms with Crippen LogP contribution in [0.15, 0.2) is 11.6 Å². The lowest BCUT2D eigenvalue weighted by Crippen LogP contribution is -2.43. The van der Waals surface area contributed by atoms with Crippen LogP contribution in [0, 0.1) is 5.41 Å². The number of halogens is 3. The molecule has 0 aromatic carbocycles. The molecule has 0 aromatic rings. The Kier molecular flexibility index (Phi) is 6.89. The smallest absolute Gasteiger partial charge is 0.228 e. The second-order valence-electron chi connectivity index (χ2n) is 9.01. The second-order valence-corrected chi connectivity index (χ2v) is 16.1. The first-order chi connectivity index (χ1) is 12.0. The minimum atomic E-state index is -1.94. The minimum Gasteiger partial charge on any atom is -0.414 e. The standard InChI is InChI=1S/C18H30Cl3NO4Si/c1-16(2,3)27(6,7)23-10-12-11(8-9-13(22)18(19,20)21)14-15(24-12)26-17(4,5)25-14/h8,12,14-15,22H,9-10H2,1-7H3/b11-8-,22-13?/t12-,14-,15+/m1/s1. The third kappa shape index (κ3) is 5.69. The van der Waals surface area contributed by atoms with Gasteiger partial charge in [-0.25, -0.2) is 0 Å². The first-order valence-electron chi connectivity index (χ1n) is 9.03. The third-order valence-electron chi connectivity index (χ3n) is 5.34. The molecule has 1 N–H and O–H groups in total. The molecule has 0 spiro atoms. The van der Waals surface area contributed by atoms with Crippen molar-refractivity contribution in [3.05, 3.63) is 11.6 Å². The molecule has 2 aliphatic heterocycles. The SMILES string of the molecule is CC1(C)O[C@@H]2O[C@H](CO[Si](C)(C)C(C)(C)C)/C(=C/CC(=N)C(Cl)(Cl)Cl)[C@H]2O1. The van der Waals surface area contributed by atoms with Crippen LogP contribution in [0.25, 0.3) is 0 Å². The molecule has 0 aliphatic carbocycles. The summed E-state index contributed by atoms with van der Waals surface area (Å²) in [7, 11) is -1.94. The highest BCUT2D eigenvalue weighted by molar-refractivity contribution is 6.76. The van der Waals surface area contributed by atoms with Gasteiger partial charge in [0.2, 0.25) is 3.79 Å². The van der Waals surface area contributed by atoms with Crippen LogP contribution in [0.2, 0.25) is 18.1 Å². The van der Waals surface area contributed by atoms with Gasteiger partial charge in [0.25, 0.3) is 0 Å². The number of nitrogens with one attached hydrogen (secondary N) is 1. The molecular formula is C18H30Cl3NO4Si. The molecule has 0 amide bonds. The van der Waals surface area contributed by atoms with Crippen molar-refractivity contribution in [2.24, 2.45) is 0 Å². The van der Waals surface area contributed by atoms with Gasteiger partial charge >= 0.3 is 0 Å². The molecule has 0 aromatic heterocycles. The van der Waals surface area contributed by atoms with E-state index >= 15 is 0 Å². The second kappa shape index (κ2) is 7.87. The molecule has 5 nitrogen and oxygen atoms in total. The van der Waals surface area contributed by atoms with Crippen LogP contribution < -0.4 is 0 Å². The zero-order valence-electron chi connectivity index (χ0n) is 17.0. The molecule has 156 valence electrons. The Bertz CT molecular complexity index is 611. The van der Waals surface area contributed by atoms with E-state index in [2.05, 4.69) is 33.9 Å². The summed E-state index contributed by atoms with van der Waals surface area (Å²) in [5.41, 5.74) is 0.869. The largest absolute Gasteiger partial charge is 0.414 e. The maximum atomic E-state index is 7.94. The number of fused-ring (bicyclic) bond motifs is 1. The van der Waals surface area contributed by atoms with Gasteiger partial charge in [-0.05, 0) is 37.6 Å². The Morgan fingerprint density at radius 3 is 2.33 bits per heavy atom. The highest BCUT2D eigenvalue weighted by atomic mass is 35.6. The molecule has 2 heterocycles. The van der Waals surface area contributed by atoms with Crippen LogP contribution in [0.1, 0.15) is 41.0 Å². The van der Waals surface area contributed by atoms with Crippen molar-refractivity contribution in [3.8, 4) is 0 Å². The molecule has 0 radical (unpaired) electrons. The molecule has 9 heteroatoms. The molecule has 0 unspecified atom stereocenters. The van der Waals surface area contributed by atoms with Crippen molar-refractivity contribution in [1.29, 1.82) is 5.41 Å². The van der Waals surface area contributed by atoms with Crippen molar-refractivity contribution in [3.63, 3.8) is 0 Å². The summed E-state index contributed by atoms with van der Waals surface area (Å²) < 4.78 is 22.5. The molecule has 0 saturated carbocycles. The number of rotatable bonds is 5. The number of ether oxygens (including phenoxy) is 3. The first-order valence-corrected chi connectivity index (χ1v) is 13.1. The van der Waals surface area contributed by atoms with E-state index in [0.29, 0.717) is 6.61 Å². The first kappa shape index (κ1) is 23.6. The van der Waals surface area contributed by atoms with Crippen molar-refractivity contribution in [2.45, 2.75) is 87.2 Å². The molecule has 2 fully saturated rings. The topological polar surface area (TPSA) is 60.8 Å². The summed E-state index contributed by atoms with van der Waals surface area (Å²) in [5, 5.41) is 8.04. The molecule has 0 bridgehead atoms. The fourth-order valence-electron chi connectivity index (χ4n) is 2.70. The fraction of sp³-hybridized carbons (Fsp3) is 0.833. The predicted octanol–water partition coefficient (Wildman–Crippen LogP) is 5.59. The molecule has 2 rings (SSSR count). The van der Waals surface area contributed by atoms with Crippen LogP contribution in [0.3, 0.4) is 0 Å². The number of hydrogen-bond acceptors (Lipinski definition) is 5. The normalized spacial score (nSPS) is 30.0. The zero-order valence-corrected chi connectivity index (χ0v) is 20.3. The average molecular weight is 459 g/mol. The predicted molar refractivity (Wildman–Crippen MR) is 113 cm³/mol. The van der Waals surface area contributed by atoms with Gasteiger partial charge in [0.15, 0.2) is 20.4 Å². The van der Waals surface area contributed by atoms with E-state index in [1.54, 1.807) is 0 Å². The zero-order chi connectivity index (χ0) is 20.8. The van der Waals surface area contributed by atoms with Gasteiger partial charge in [0.1, 0.15) is 12.2 Å². The van der Waals surface area contributed by atoms with Crippen LogP contribution >= 0.6 is 34.8 Å². The highest BCUT2D eigenvalue weighted by Crippen LogP contribution is 2.42. The van der Waals surface area contributed by atoms with Gasteiger partial charge in [-0.3, -0.25) is 0 Å². The Morgan fingerprint density at radius 2 is 1.81 bits per heavy atom. The third-order valence-corrected chi connectivity index (χ3v) is 10.5. The Labute approximate surface area is 178 Å². The van der Waals surface area contributed by atoms with Gasteiger partial charge in [-0.2, -0.15) is 0 Å². The van der Waals surface area contributed by atoms with Gasteiger partial charge < -0.3 is 24.0 Å². The van der Waals surface area contributed by atoms with E-state index in [1.807, 2.05) is 19.9 Å². The highest BCUT2D eigenvalue weighted by Gasteiger charge is 2.52. The Hall–Kier alpha value is 0.337. The molecule has 27 heavy (non-hydrogen) atoms. The summed E-state index contributed by atoms with van der Waals surface area (Å²) >= 11 is 17.4. The van der Waals surface area contributed by atoms with E-state index in [4.69, 9.17) is 58.8 Å². The van der Waals surface area contributed by atoms with Crippen LogP contribution in [-0.4, -0.2) is 48.7 Å². The summed E-state index contributed by atoms with van der Waals surface area (Å²) in [5.74, 6) is -0.734. The lowest BCUT2D eigenvalue weighted by atomic mass is 10.0. The van der Waals surface area contributed by atoms with Crippen molar-refractivity contribution in [2.75, 3.05) is 6.61 Å². The Balaban J connectivity index is 2.17. The summed E-state index contributed by atoms with van der Waals surface area (Å²) in [4.78, 5) is 0. The summed E-state index contributed by atoms with van der Waals surface area (Å²) in [6, 6.07) is 0. The van der Waals surface area contributed by atoms with Crippen LogP contribution in [0.4, 0.5) is 0 Å². The van der Waals surface area contributed by atoms with E-state index in [1.165, 1.54) is 0 Å². The maximum absolute atomic E-state index is 7.94. The van der Waals surface area contributed by atoms with Gasteiger partial charge in [0.05, 0.1) is 12.3 Å². The van der Waals surface area contributed by atoms with Gasteiger partial charge in [-0.1, -0.05) is 61.7 Å². The maximum Gasteiger partial charge on any atom is 0.228 e. The number of allylic oxidation sites excluding steroid dienone is 1. The monoisotopic (exact) mass is 457 g/mol. The van der Waals surface area contributed by atoms with Crippen molar-refractivity contribution >= 4 is 48.8 Å². The lowest BCUT2D eigenvalue weighted by Gasteiger charge is -2.37. The Morgan fingerprint density at radius 1 is 1.22 bits per heavy atom.